The van der Waals surface area contributed by atoms with Crippen LogP contribution in [0.15, 0.2) is 0 Å². The highest BCUT2D eigenvalue weighted by Crippen LogP contribution is 2.35. The molecule has 2 saturated carbocycles. The van der Waals surface area contributed by atoms with Crippen molar-refractivity contribution in [3.8, 4) is 0 Å². The Morgan fingerprint density at radius 2 is 2.00 bits per heavy atom. The number of carbonyl (C=O) groups excluding carboxylic acids is 1. The lowest BCUT2D eigenvalue weighted by Crippen LogP contribution is -2.52. The number of rotatable bonds is 7. The van der Waals surface area contributed by atoms with Gasteiger partial charge in [0.25, 0.3) is 0 Å². The first-order chi connectivity index (χ1) is 10.1. The average Bonchev–Trinajstić information content (AvgIpc) is 3.10. The van der Waals surface area contributed by atoms with Gasteiger partial charge in [-0.25, -0.2) is 0 Å². The van der Waals surface area contributed by atoms with E-state index in [4.69, 9.17) is 4.74 Å². The Balaban J connectivity index is 1.93. The zero-order valence-electron chi connectivity index (χ0n) is 14.0. The smallest absolute Gasteiger partial charge is 0.326 e. The van der Waals surface area contributed by atoms with E-state index in [2.05, 4.69) is 24.2 Å². The molecule has 0 bridgehead atoms. The van der Waals surface area contributed by atoms with Crippen LogP contribution in [0.4, 0.5) is 0 Å². The highest BCUT2D eigenvalue weighted by molar-refractivity contribution is 5.81. The summed E-state index contributed by atoms with van der Waals surface area (Å²) in [5.74, 6) is 0.815. The first-order valence-electron chi connectivity index (χ1n) is 8.73. The molecule has 2 atom stereocenters. The van der Waals surface area contributed by atoms with Gasteiger partial charge in [-0.2, -0.15) is 0 Å². The fourth-order valence-electron chi connectivity index (χ4n) is 4.17. The van der Waals surface area contributed by atoms with Crippen molar-refractivity contribution in [2.24, 2.45) is 5.92 Å². The van der Waals surface area contributed by atoms with Gasteiger partial charge in [-0.05, 0) is 58.5 Å². The summed E-state index contributed by atoms with van der Waals surface area (Å²) >= 11 is 0. The van der Waals surface area contributed by atoms with E-state index in [0.717, 1.165) is 31.7 Å². The van der Waals surface area contributed by atoms with E-state index in [0.29, 0.717) is 12.6 Å². The van der Waals surface area contributed by atoms with E-state index in [1.54, 1.807) is 0 Å². The van der Waals surface area contributed by atoms with Crippen molar-refractivity contribution >= 4 is 5.97 Å². The zero-order chi connectivity index (χ0) is 15.3. The molecule has 0 spiro atoms. The Hall–Kier alpha value is -0.610. The number of carbonyl (C=O) groups is 1. The number of nitrogens with one attached hydrogen (secondary N) is 1. The van der Waals surface area contributed by atoms with E-state index in [-0.39, 0.29) is 5.97 Å². The molecule has 2 rings (SSSR count). The van der Waals surface area contributed by atoms with Crippen LogP contribution in [0, 0.1) is 5.92 Å². The molecule has 0 amide bonds. The highest BCUT2D eigenvalue weighted by Gasteiger charge is 2.47. The lowest BCUT2D eigenvalue weighted by atomic mass is 9.97. The first kappa shape index (κ1) is 16.8. The van der Waals surface area contributed by atoms with E-state index in [9.17, 15) is 4.79 Å². The van der Waals surface area contributed by atoms with Crippen molar-refractivity contribution in [3.05, 3.63) is 0 Å². The third-order valence-electron chi connectivity index (χ3n) is 5.31. The molecule has 0 aromatic rings. The minimum absolute atomic E-state index is 0.0522. The lowest BCUT2D eigenvalue weighted by Gasteiger charge is -2.31. The van der Waals surface area contributed by atoms with E-state index < -0.39 is 5.54 Å². The first-order valence-corrected chi connectivity index (χ1v) is 8.73. The Morgan fingerprint density at radius 3 is 2.62 bits per heavy atom. The predicted octanol–water partition coefficient (Wildman–Crippen LogP) is 2.57. The van der Waals surface area contributed by atoms with Gasteiger partial charge in [0, 0.05) is 12.6 Å². The maximum absolute atomic E-state index is 12.4. The van der Waals surface area contributed by atoms with Crippen molar-refractivity contribution in [1.29, 1.82) is 0 Å². The molecule has 4 nitrogen and oxygen atoms in total. The van der Waals surface area contributed by atoms with Crippen molar-refractivity contribution in [1.82, 2.24) is 10.2 Å². The fraction of sp³-hybridized carbons (Fsp3) is 0.941. The van der Waals surface area contributed by atoms with Crippen LogP contribution in [0.1, 0.15) is 58.8 Å². The molecule has 1 N–H and O–H groups in total. The second kappa shape index (κ2) is 7.59. The molecule has 4 heteroatoms. The van der Waals surface area contributed by atoms with Crippen LogP contribution in [-0.4, -0.2) is 49.2 Å². The third kappa shape index (κ3) is 3.98. The second-order valence-corrected chi connectivity index (χ2v) is 6.82. The lowest BCUT2D eigenvalue weighted by molar-refractivity contribution is -0.151. The van der Waals surface area contributed by atoms with Crippen molar-refractivity contribution < 1.29 is 9.53 Å². The summed E-state index contributed by atoms with van der Waals surface area (Å²) in [6.07, 6.45) is 8.44. The van der Waals surface area contributed by atoms with Crippen molar-refractivity contribution in [2.75, 3.05) is 26.7 Å². The van der Waals surface area contributed by atoms with Gasteiger partial charge in [-0.1, -0.05) is 19.8 Å². The maximum atomic E-state index is 12.4. The number of likely N-dealkylation sites (N-methyl/N-ethyl adjacent to an activating group) is 1. The molecular formula is C17H32N2O2. The van der Waals surface area contributed by atoms with Crippen LogP contribution in [0.25, 0.3) is 0 Å². The maximum Gasteiger partial charge on any atom is 0.326 e. The van der Waals surface area contributed by atoms with Crippen molar-refractivity contribution in [3.63, 3.8) is 0 Å². The van der Waals surface area contributed by atoms with Crippen LogP contribution < -0.4 is 5.32 Å². The summed E-state index contributed by atoms with van der Waals surface area (Å²) < 4.78 is 5.32. The molecule has 0 radical (unpaired) electrons. The number of hydrogen-bond donors (Lipinski definition) is 1. The third-order valence-corrected chi connectivity index (χ3v) is 5.31. The van der Waals surface area contributed by atoms with E-state index in [1.165, 1.54) is 32.2 Å². The topological polar surface area (TPSA) is 41.6 Å². The molecular weight excluding hydrogens is 264 g/mol. The van der Waals surface area contributed by atoms with Gasteiger partial charge in [0.2, 0.25) is 0 Å². The van der Waals surface area contributed by atoms with Gasteiger partial charge < -0.3 is 15.0 Å². The van der Waals surface area contributed by atoms with E-state index in [1.807, 2.05) is 6.92 Å². The number of esters is 1. The summed E-state index contributed by atoms with van der Waals surface area (Å²) in [6, 6.07) is 0.508. The Kier molecular flexibility index (Phi) is 6.06. The quantitative estimate of drug-likeness (QED) is 0.733. The van der Waals surface area contributed by atoms with Gasteiger partial charge >= 0.3 is 5.97 Å². The zero-order valence-corrected chi connectivity index (χ0v) is 14.0. The number of nitrogens with zero attached hydrogens (tertiary/aromatic N) is 1. The molecule has 0 aliphatic heterocycles. The molecule has 21 heavy (non-hydrogen) atoms. The van der Waals surface area contributed by atoms with Gasteiger partial charge in [-0.15, -0.1) is 0 Å². The number of hydrogen-bond acceptors (Lipinski definition) is 4. The summed E-state index contributed by atoms with van der Waals surface area (Å²) in [5, 5.41) is 3.42. The molecule has 122 valence electrons. The average molecular weight is 296 g/mol. The van der Waals surface area contributed by atoms with Crippen molar-refractivity contribution in [2.45, 2.75) is 70.4 Å². The molecule has 0 aromatic heterocycles. The van der Waals surface area contributed by atoms with Crippen LogP contribution in [0.3, 0.4) is 0 Å². The van der Waals surface area contributed by atoms with Crippen LogP contribution >= 0.6 is 0 Å². The van der Waals surface area contributed by atoms with Gasteiger partial charge in [0.15, 0.2) is 0 Å². The molecule has 0 saturated heterocycles. The van der Waals surface area contributed by atoms with Crippen LogP contribution in [-0.2, 0) is 9.53 Å². The SMILES string of the molecule is CCNC1(C(=O)OCC)CCC(N(C)CC2CCCC2)C1. The van der Waals surface area contributed by atoms with E-state index >= 15 is 0 Å². The Labute approximate surface area is 129 Å². The van der Waals surface area contributed by atoms with Gasteiger partial charge in [-0.3, -0.25) is 4.79 Å². The second-order valence-electron chi connectivity index (χ2n) is 6.82. The summed E-state index contributed by atoms with van der Waals surface area (Å²) in [7, 11) is 2.23. The number of ether oxygens (including phenoxy) is 1. The molecule has 0 heterocycles. The summed E-state index contributed by atoms with van der Waals surface area (Å²) in [6.45, 7) is 6.43. The Morgan fingerprint density at radius 1 is 1.29 bits per heavy atom. The normalized spacial score (nSPS) is 30.2. The van der Waals surface area contributed by atoms with Crippen LogP contribution in [0.2, 0.25) is 0 Å². The summed E-state index contributed by atoms with van der Waals surface area (Å²) in [5.41, 5.74) is -0.445. The predicted molar refractivity (Wildman–Crippen MR) is 85.3 cm³/mol. The molecule has 2 unspecified atom stereocenters. The standard InChI is InChI=1S/C17H32N2O2/c1-4-18-17(16(20)21-5-2)11-10-15(12-17)19(3)13-14-8-6-7-9-14/h14-15,18H,4-13H2,1-3H3. The van der Waals surface area contributed by atoms with Crippen LogP contribution in [0.5, 0.6) is 0 Å². The molecule has 2 aliphatic rings. The van der Waals surface area contributed by atoms with Gasteiger partial charge in [0.1, 0.15) is 5.54 Å². The fourth-order valence-corrected chi connectivity index (χ4v) is 4.17. The minimum Gasteiger partial charge on any atom is -0.465 e. The largest absolute Gasteiger partial charge is 0.465 e. The molecule has 0 aromatic carbocycles. The highest BCUT2D eigenvalue weighted by atomic mass is 16.5. The molecule has 2 fully saturated rings. The van der Waals surface area contributed by atoms with Gasteiger partial charge in [0.05, 0.1) is 6.61 Å². The monoisotopic (exact) mass is 296 g/mol. The minimum atomic E-state index is -0.445. The summed E-state index contributed by atoms with van der Waals surface area (Å²) in [4.78, 5) is 14.9. The Bertz CT molecular complexity index is 342. The molecule has 2 aliphatic carbocycles.